The molecular formula is C24H28FN5O2. The Balaban J connectivity index is 1.35. The normalized spacial score (nSPS) is 14.4. The Hall–Kier alpha value is -3.39. The Kier molecular flexibility index (Phi) is 6.41. The molecule has 2 heterocycles. The highest BCUT2D eigenvalue weighted by Gasteiger charge is 2.23. The number of urea groups is 1. The number of aromatic nitrogens is 2. The van der Waals surface area contributed by atoms with E-state index in [-0.39, 0.29) is 17.6 Å². The first-order valence-electron chi connectivity index (χ1n) is 10.7. The SMILES string of the molecule is COc1ccc(CN2CCN(C(=O)Nc3c(C)nn(-c4ccccc4)c3C)CC2)cc1F. The number of rotatable bonds is 5. The largest absolute Gasteiger partial charge is 0.494 e. The summed E-state index contributed by atoms with van der Waals surface area (Å²) in [6.45, 7) is 7.15. The molecule has 0 bridgehead atoms. The zero-order valence-corrected chi connectivity index (χ0v) is 18.6. The fourth-order valence-corrected chi connectivity index (χ4v) is 4.01. The van der Waals surface area contributed by atoms with Crippen molar-refractivity contribution >= 4 is 11.7 Å². The molecule has 168 valence electrons. The number of hydrogen-bond donors (Lipinski definition) is 1. The third-order valence-electron chi connectivity index (χ3n) is 5.81. The van der Waals surface area contributed by atoms with Gasteiger partial charge in [-0.15, -0.1) is 0 Å². The molecule has 2 amide bonds. The molecule has 0 saturated carbocycles. The third-order valence-corrected chi connectivity index (χ3v) is 5.81. The summed E-state index contributed by atoms with van der Waals surface area (Å²) in [6.07, 6.45) is 0. The van der Waals surface area contributed by atoms with Gasteiger partial charge in [0.1, 0.15) is 0 Å². The standard InChI is InChI=1S/C24H28FN5O2/c1-17-23(18(2)30(27-17)20-7-5-4-6-8-20)26-24(31)29-13-11-28(12-14-29)16-19-9-10-22(32-3)21(25)15-19/h4-10,15H,11-14,16H2,1-3H3,(H,26,31). The van der Waals surface area contributed by atoms with Gasteiger partial charge in [-0.05, 0) is 43.7 Å². The van der Waals surface area contributed by atoms with E-state index in [0.29, 0.717) is 19.6 Å². The highest BCUT2D eigenvalue weighted by atomic mass is 19.1. The first-order valence-corrected chi connectivity index (χ1v) is 10.7. The van der Waals surface area contributed by atoms with Gasteiger partial charge in [0, 0.05) is 32.7 Å². The van der Waals surface area contributed by atoms with Gasteiger partial charge >= 0.3 is 6.03 Å². The number of ether oxygens (including phenoxy) is 1. The third kappa shape index (κ3) is 4.60. The van der Waals surface area contributed by atoms with Crippen molar-refractivity contribution in [1.82, 2.24) is 19.6 Å². The summed E-state index contributed by atoms with van der Waals surface area (Å²) in [5.74, 6) is -0.110. The number of anilines is 1. The number of methoxy groups -OCH3 is 1. The number of nitrogens with zero attached hydrogens (tertiary/aromatic N) is 4. The van der Waals surface area contributed by atoms with Gasteiger partial charge in [0.25, 0.3) is 0 Å². The van der Waals surface area contributed by atoms with Crippen molar-refractivity contribution < 1.29 is 13.9 Å². The van der Waals surface area contributed by atoms with Crippen LogP contribution in [-0.2, 0) is 6.54 Å². The number of amides is 2. The minimum Gasteiger partial charge on any atom is -0.494 e. The molecule has 3 aromatic rings. The molecule has 0 aliphatic carbocycles. The zero-order chi connectivity index (χ0) is 22.7. The number of carbonyl (C=O) groups is 1. The Labute approximate surface area is 187 Å². The maximum atomic E-state index is 13.9. The Bertz CT molecular complexity index is 1090. The molecule has 1 aliphatic heterocycles. The van der Waals surface area contributed by atoms with Crippen LogP contribution < -0.4 is 10.1 Å². The second-order valence-electron chi connectivity index (χ2n) is 7.96. The molecule has 1 fully saturated rings. The maximum absolute atomic E-state index is 13.9. The van der Waals surface area contributed by atoms with Crippen molar-refractivity contribution in [2.45, 2.75) is 20.4 Å². The summed E-state index contributed by atoms with van der Waals surface area (Å²) < 4.78 is 20.8. The van der Waals surface area contributed by atoms with Crippen LogP contribution in [0.3, 0.4) is 0 Å². The molecule has 1 aromatic heterocycles. The first kappa shape index (κ1) is 21.8. The number of benzene rings is 2. The molecule has 0 radical (unpaired) electrons. The van der Waals surface area contributed by atoms with E-state index in [1.54, 1.807) is 6.07 Å². The van der Waals surface area contributed by atoms with Gasteiger partial charge in [-0.25, -0.2) is 13.9 Å². The summed E-state index contributed by atoms with van der Waals surface area (Å²) in [5.41, 5.74) is 4.26. The van der Waals surface area contributed by atoms with Crippen LogP contribution in [0.5, 0.6) is 5.75 Å². The lowest BCUT2D eigenvalue weighted by Crippen LogP contribution is -2.49. The molecular weight excluding hydrogens is 409 g/mol. The van der Waals surface area contributed by atoms with Gasteiger partial charge in [0.05, 0.1) is 29.9 Å². The van der Waals surface area contributed by atoms with Gasteiger partial charge < -0.3 is 15.0 Å². The summed E-state index contributed by atoms with van der Waals surface area (Å²) in [6, 6.07) is 14.8. The second-order valence-corrected chi connectivity index (χ2v) is 7.96. The Morgan fingerprint density at radius 1 is 1.09 bits per heavy atom. The van der Waals surface area contributed by atoms with Gasteiger partial charge in [0.2, 0.25) is 0 Å². The fraction of sp³-hybridized carbons (Fsp3) is 0.333. The Morgan fingerprint density at radius 3 is 2.47 bits per heavy atom. The summed E-state index contributed by atoms with van der Waals surface area (Å²) in [5, 5.41) is 7.64. The van der Waals surface area contributed by atoms with Crippen LogP contribution in [0.25, 0.3) is 5.69 Å². The quantitative estimate of drug-likeness (QED) is 0.656. The second kappa shape index (κ2) is 9.40. The topological polar surface area (TPSA) is 62.6 Å². The smallest absolute Gasteiger partial charge is 0.322 e. The predicted molar refractivity (Wildman–Crippen MR) is 122 cm³/mol. The fourth-order valence-electron chi connectivity index (χ4n) is 4.01. The van der Waals surface area contributed by atoms with Gasteiger partial charge in [0.15, 0.2) is 11.6 Å². The zero-order valence-electron chi connectivity index (χ0n) is 18.6. The number of aryl methyl sites for hydroxylation is 1. The predicted octanol–water partition coefficient (Wildman–Crippen LogP) is 3.99. The number of halogens is 1. The van der Waals surface area contributed by atoms with Gasteiger partial charge in [-0.2, -0.15) is 5.10 Å². The number of carbonyl (C=O) groups excluding carboxylic acids is 1. The van der Waals surface area contributed by atoms with Crippen molar-refractivity contribution in [3.63, 3.8) is 0 Å². The monoisotopic (exact) mass is 437 g/mol. The molecule has 0 spiro atoms. The summed E-state index contributed by atoms with van der Waals surface area (Å²) in [4.78, 5) is 16.9. The van der Waals surface area contributed by atoms with Crippen LogP contribution in [0.15, 0.2) is 48.5 Å². The van der Waals surface area contributed by atoms with E-state index in [4.69, 9.17) is 4.74 Å². The average Bonchev–Trinajstić information content (AvgIpc) is 3.08. The minimum atomic E-state index is -0.357. The van der Waals surface area contributed by atoms with E-state index in [1.807, 2.05) is 59.8 Å². The maximum Gasteiger partial charge on any atom is 0.322 e. The van der Waals surface area contributed by atoms with Crippen molar-refractivity contribution in [2.24, 2.45) is 0 Å². The van der Waals surface area contributed by atoms with E-state index in [0.717, 1.165) is 41.4 Å². The van der Waals surface area contributed by atoms with Crippen LogP contribution >= 0.6 is 0 Å². The number of para-hydroxylation sites is 1. The summed E-state index contributed by atoms with van der Waals surface area (Å²) in [7, 11) is 1.46. The van der Waals surface area contributed by atoms with E-state index in [1.165, 1.54) is 13.2 Å². The molecule has 0 atom stereocenters. The van der Waals surface area contributed by atoms with Crippen molar-refractivity contribution in [3.8, 4) is 11.4 Å². The molecule has 1 saturated heterocycles. The van der Waals surface area contributed by atoms with Gasteiger partial charge in [-0.1, -0.05) is 24.3 Å². The molecule has 1 aliphatic rings. The Morgan fingerprint density at radius 2 is 1.81 bits per heavy atom. The van der Waals surface area contributed by atoms with E-state index in [9.17, 15) is 9.18 Å². The number of hydrogen-bond acceptors (Lipinski definition) is 4. The van der Waals surface area contributed by atoms with Gasteiger partial charge in [-0.3, -0.25) is 4.90 Å². The van der Waals surface area contributed by atoms with E-state index < -0.39 is 0 Å². The molecule has 1 N–H and O–H groups in total. The van der Waals surface area contributed by atoms with Crippen LogP contribution in [-0.4, -0.2) is 58.9 Å². The lowest BCUT2D eigenvalue weighted by atomic mass is 10.2. The van der Waals surface area contributed by atoms with E-state index in [2.05, 4.69) is 15.3 Å². The number of piperazine rings is 1. The highest BCUT2D eigenvalue weighted by molar-refractivity contribution is 5.90. The summed E-state index contributed by atoms with van der Waals surface area (Å²) >= 11 is 0. The average molecular weight is 438 g/mol. The number of nitrogens with one attached hydrogen (secondary N) is 1. The van der Waals surface area contributed by atoms with Crippen LogP contribution in [0, 0.1) is 19.7 Å². The van der Waals surface area contributed by atoms with Crippen LogP contribution in [0.4, 0.5) is 14.9 Å². The minimum absolute atomic E-state index is 0.126. The molecule has 7 nitrogen and oxygen atoms in total. The molecule has 32 heavy (non-hydrogen) atoms. The van der Waals surface area contributed by atoms with E-state index >= 15 is 0 Å². The first-order chi connectivity index (χ1) is 15.5. The highest BCUT2D eigenvalue weighted by Crippen LogP contribution is 2.24. The van der Waals surface area contributed by atoms with Crippen LogP contribution in [0.2, 0.25) is 0 Å². The molecule has 0 unspecified atom stereocenters. The molecule has 8 heteroatoms. The van der Waals surface area contributed by atoms with Crippen molar-refractivity contribution in [1.29, 1.82) is 0 Å². The lowest BCUT2D eigenvalue weighted by molar-refractivity contribution is 0.143. The van der Waals surface area contributed by atoms with Crippen molar-refractivity contribution in [3.05, 3.63) is 71.3 Å². The van der Waals surface area contributed by atoms with Crippen molar-refractivity contribution in [2.75, 3.05) is 38.6 Å². The lowest BCUT2D eigenvalue weighted by Gasteiger charge is -2.34. The van der Waals surface area contributed by atoms with Crippen LogP contribution in [0.1, 0.15) is 17.0 Å². The molecule has 4 rings (SSSR count). The molecule has 2 aromatic carbocycles.